The Kier molecular flexibility index (Phi) is 8.59. The predicted molar refractivity (Wildman–Crippen MR) is 114 cm³/mol. The molecule has 0 spiro atoms. The summed E-state index contributed by atoms with van der Waals surface area (Å²) in [6.45, 7) is 1.80. The molecule has 2 rings (SSSR count). The van der Waals surface area contributed by atoms with Crippen LogP contribution in [0.1, 0.15) is 24.0 Å². The first kappa shape index (κ1) is 21.5. The Hall–Kier alpha value is 0.240. The van der Waals surface area contributed by atoms with Gasteiger partial charge in [0.25, 0.3) is 0 Å². The van der Waals surface area contributed by atoms with Crippen molar-refractivity contribution in [1.29, 1.82) is 0 Å². The van der Waals surface area contributed by atoms with Gasteiger partial charge in [0.1, 0.15) is 0 Å². The molecule has 0 aromatic heterocycles. The first-order valence-corrected chi connectivity index (χ1v) is 10.8. The van der Waals surface area contributed by atoms with Crippen molar-refractivity contribution in [1.82, 2.24) is 0 Å². The summed E-state index contributed by atoms with van der Waals surface area (Å²) in [5, 5.41) is 20.1. The van der Waals surface area contributed by atoms with Gasteiger partial charge in [-0.1, -0.05) is 24.3 Å². The number of hydrogen-bond donors (Lipinski definition) is 2. The van der Waals surface area contributed by atoms with Crippen molar-refractivity contribution >= 4 is 63.7 Å². The number of halogens is 4. The molecule has 2 N–H and O–H groups in total. The monoisotopic (exact) mass is 598 g/mol. The lowest BCUT2D eigenvalue weighted by Gasteiger charge is -2.27. The van der Waals surface area contributed by atoms with Crippen LogP contribution >= 0.6 is 63.7 Å². The van der Waals surface area contributed by atoms with E-state index in [1.807, 2.05) is 36.4 Å². The van der Waals surface area contributed by atoms with E-state index in [0.29, 0.717) is 0 Å². The van der Waals surface area contributed by atoms with Crippen molar-refractivity contribution in [3.63, 3.8) is 0 Å². The van der Waals surface area contributed by atoms with Crippen LogP contribution in [0, 0.1) is 0 Å². The van der Waals surface area contributed by atoms with Gasteiger partial charge in [-0.25, -0.2) is 0 Å². The van der Waals surface area contributed by atoms with Gasteiger partial charge in [-0.3, -0.25) is 0 Å². The quantitative estimate of drug-likeness (QED) is 0.433. The van der Waals surface area contributed by atoms with E-state index >= 15 is 0 Å². The topological polar surface area (TPSA) is 49.7 Å². The Labute approximate surface area is 181 Å². The molecule has 25 heavy (non-hydrogen) atoms. The van der Waals surface area contributed by atoms with Gasteiger partial charge in [-0.05, 0) is 93.9 Å². The third-order valence-electron chi connectivity index (χ3n) is 3.83. The van der Waals surface area contributed by atoms with Crippen molar-refractivity contribution in [2.24, 2.45) is 0 Å². The fourth-order valence-corrected chi connectivity index (χ4v) is 4.30. The van der Waals surface area contributed by atoms with Gasteiger partial charge < -0.3 is 14.9 Å². The number of aliphatic hydroxyl groups excluding tert-OH is 2. The van der Waals surface area contributed by atoms with Crippen molar-refractivity contribution < 1.29 is 14.9 Å². The van der Waals surface area contributed by atoms with Gasteiger partial charge in [-0.15, -0.1) is 0 Å². The van der Waals surface area contributed by atoms with E-state index in [0.717, 1.165) is 29.0 Å². The lowest BCUT2D eigenvalue weighted by molar-refractivity contribution is -0.0277. The maximum atomic E-state index is 10.9. The molecule has 0 bridgehead atoms. The van der Waals surface area contributed by atoms with Crippen molar-refractivity contribution in [3.8, 4) is 0 Å². The van der Waals surface area contributed by atoms with Gasteiger partial charge >= 0.3 is 0 Å². The largest absolute Gasteiger partial charge is 0.394 e. The summed E-state index contributed by atoms with van der Waals surface area (Å²) in [5.41, 5.74) is 1.89. The van der Waals surface area contributed by atoms with Gasteiger partial charge in [0, 0.05) is 23.8 Å². The van der Waals surface area contributed by atoms with Gasteiger partial charge in [0.2, 0.25) is 0 Å². The van der Waals surface area contributed by atoms with Crippen molar-refractivity contribution in [2.75, 3.05) is 13.2 Å². The summed E-state index contributed by atoms with van der Waals surface area (Å²) in [7, 11) is 0. The zero-order valence-electron chi connectivity index (χ0n) is 13.4. The molecule has 2 aromatic carbocycles. The van der Waals surface area contributed by atoms with Crippen LogP contribution in [0.3, 0.4) is 0 Å². The lowest BCUT2D eigenvalue weighted by Crippen LogP contribution is -2.29. The summed E-state index contributed by atoms with van der Waals surface area (Å²) in [4.78, 5) is 0. The molecule has 0 amide bonds. The van der Waals surface area contributed by atoms with E-state index in [1.165, 1.54) is 0 Å². The third kappa shape index (κ3) is 5.37. The fraction of sp³-hybridized carbons (Fsp3) is 0.333. The summed E-state index contributed by atoms with van der Waals surface area (Å²) >= 11 is 14.3. The molecule has 0 saturated heterocycles. The molecule has 0 radical (unpaired) electrons. The van der Waals surface area contributed by atoms with Crippen LogP contribution in [0.4, 0.5) is 0 Å². The van der Waals surface area contributed by atoms with Crippen LogP contribution in [0.5, 0.6) is 0 Å². The van der Waals surface area contributed by atoms with E-state index in [2.05, 4.69) is 63.7 Å². The first-order valence-electron chi connectivity index (χ1n) is 7.65. The van der Waals surface area contributed by atoms with E-state index < -0.39 is 6.10 Å². The Morgan fingerprint density at radius 1 is 0.920 bits per heavy atom. The molecular weight excluding hydrogens is 584 g/mol. The third-order valence-corrected chi connectivity index (χ3v) is 7.98. The minimum atomic E-state index is -0.787. The predicted octanol–water partition coefficient (Wildman–Crippen LogP) is 5.63. The molecule has 2 aromatic rings. The number of benzene rings is 2. The average Bonchev–Trinajstić information content (AvgIpc) is 2.60. The molecule has 0 heterocycles. The van der Waals surface area contributed by atoms with Gasteiger partial charge in [-0.2, -0.15) is 0 Å². The second-order valence-electron chi connectivity index (χ2n) is 5.66. The van der Waals surface area contributed by atoms with Gasteiger partial charge in [0.15, 0.2) is 0 Å². The molecule has 0 aliphatic heterocycles. The summed E-state index contributed by atoms with van der Waals surface area (Å²) < 4.78 is 9.17. The Bertz CT molecular complexity index is 672. The standard InChI is InChI=1S/C18H18Br4O3/c1-10(8-23)25-9-15(24)16(11-4-2-6-13(19)17(11)21)12-5-3-7-14(20)18(12)22/h2-7,10,15-16,23-24H,8-9H2,1H3. The molecule has 7 heteroatoms. The number of rotatable bonds is 7. The van der Waals surface area contributed by atoms with Crippen molar-refractivity contribution in [3.05, 3.63) is 65.4 Å². The summed E-state index contributed by atoms with van der Waals surface area (Å²) in [6, 6.07) is 11.7. The smallest absolute Gasteiger partial charge is 0.0883 e. The number of aliphatic hydroxyl groups is 2. The van der Waals surface area contributed by atoms with E-state index in [9.17, 15) is 5.11 Å². The van der Waals surface area contributed by atoms with Crippen molar-refractivity contribution in [2.45, 2.75) is 25.0 Å². The first-order chi connectivity index (χ1) is 11.9. The Morgan fingerprint density at radius 2 is 1.40 bits per heavy atom. The molecule has 2 atom stereocenters. The van der Waals surface area contributed by atoms with E-state index in [1.54, 1.807) is 6.92 Å². The highest BCUT2D eigenvalue weighted by Crippen LogP contribution is 2.41. The maximum absolute atomic E-state index is 10.9. The summed E-state index contributed by atoms with van der Waals surface area (Å²) in [5.74, 6) is -0.315. The molecule has 2 unspecified atom stereocenters. The second-order valence-corrected chi connectivity index (χ2v) is 8.95. The van der Waals surface area contributed by atoms with Crippen LogP contribution in [0.15, 0.2) is 54.3 Å². The maximum Gasteiger partial charge on any atom is 0.0883 e. The van der Waals surface area contributed by atoms with Crippen LogP contribution in [0.2, 0.25) is 0 Å². The second kappa shape index (κ2) is 9.97. The zero-order chi connectivity index (χ0) is 18.6. The van der Waals surface area contributed by atoms with E-state index in [4.69, 9.17) is 9.84 Å². The molecule has 0 aliphatic carbocycles. The molecule has 0 fully saturated rings. The minimum Gasteiger partial charge on any atom is -0.394 e. The Balaban J connectivity index is 2.48. The molecule has 136 valence electrons. The molecule has 3 nitrogen and oxygen atoms in total. The Morgan fingerprint density at radius 3 is 1.84 bits per heavy atom. The molecular formula is C18H18Br4O3. The SMILES string of the molecule is CC(CO)OCC(O)C(c1cccc(Br)c1Br)c1cccc(Br)c1Br. The highest BCUT2D eigenvalue weighted by molar-refractivity contribution is 9.13. The minimum absolute atomic E-state index is 0.0848. The number of ether oxygens (including phenoxy) is 1. The lowest BCUT2D eigenvalue weighted by atomic mass is 9.87. The fourth-order valence-electron chi connectivity index (χ4n) is 2.52. The average molecular weight is 602 g/mol. The normalized spacial score (nSPS) is 13.9. The number of hydrogen-bond acceptors (Lipinski definition) is 3. The molecule has 0 aliphatic rings. The zero-order valence-corrected chi connectivity index (χ0v) is 19.8. The highest BCUT2D eigenvalue weighted by Gasteiger charge is 2.28. The van der Waals surface area contributed by atoms with Gasteiger partial charge in [0.05, 0.1) is 25.4 Å². The van der Waals surface area contributed by atoms with Crippen LogP contribution in [0.25, 0.3) is 0 Å². The summed E-state index contributed by atoms with van der Waals surface area (Å²) in [6.07, 6.45) is -1.11. The highest BCUT2D eigenvalue weighted by atomic mass is 79.9. The van der Waals surface area contributed by atoms with Crippen LogP contribution < -0.4 is 0 Å². The molecule has 0 saturated carbocycles. The van der Waals surface area contributed by atoms with E-state index in [-0.39, 0.29) is 25.2 Å². The van der Waals surface area contributed by atoms with Crippen LogP contribution in [-0.4, -0.2) is 35.6 Å². The van der Waals surface area contributed by atoms with Crippen LogP contribution in [-0.2, 0) is 4.74 Å².